The smallest absolute Gasteiger partial charge is 0.399 e. The second-order valence-electron chi connectivity index (χ2n) is 8.87. The summed E-state index contributed by atoms with van der Waals surface area (Å²) in [5.41, 5.74) is 0. The van der Waals surface area contributed by atoms with Crippen LogP contribution in [-0.4, -0.2) is 71.5 Å². The molecule has 0 atom stereocenters. The van der Waals surface area contributed by atoms with Gasteiger partial charge in [0.05, 0.1) is 27.8 Å². The van der Waals surface area contributed by atoms with Gasteiger partial charge < -0.3 is 19.5 Å². The molecule has 0 aromatic rings. The Morgan fingerprint density at radius 1 is 0.844 bits per heavy atom. The van der Waals surface area contributed by atoms with E-state index in [-0.39, 0.29) is 19.6 Å². The lowest BCUT2D eigenvalue weighted by atomic mass is 10.0. The first-order chi connectivity index (χ1) is 15.1. The number of likely N-dealkylation sites (N-methyl/N-ethyl adjacent to an activating group) is 1. The van der Waals surface area contributed by atoms with E-state index in [4.69, 9.17) is 5.11 Å². The molecule has 1 N–H and O–H groups in total. The average Bonchev–Trinajstić information content (AvgIpc) is 2.71. The Kier molecular flexibility index (Phi) is 23.1. The van der Waals surface area contributed by atoms with Crippen LogP contribution in [0.5, 0.6) is 0 Å². The molecule has 8 nitrogen and oxygen atoms in total. The number of carbonyl (C=O) groups is 1. The first kappa shape index (κ1) is 33.4. The minimum Gasteiger partial charge on any atom is -0.550 e. The molecular weight excluding hydrogens is 434 g/mol. The van der Waals surface area contributed by atoms with Crippen LogP contribution in [0.15, 0.2) is 0 Å². The highest BCUT2D eigenvalue weighted by molar-refractivity contribution is 7.81. The van der Waals surface area contributed by atoms with Crippen molar-refractivity contribution in [2.75, 3.05) is 47.5 Å². The van der Waals surface area contributed by atoms with E-state index < -0.39 is 16.4 Å². The molecule has 32 heavy (non-hydrogen) atoms. The van der Waals surface area contributed by atoms with E-state index in [1.165, 1.54) is 70.6 Å². The quantitative estimate of drug-likeness (QED) is 0.197. The minimum atomic E-state index is -3.83. The van der Waals surface area contributed by atoms with Gasteiger partial charge in [-0.25, -0.2) is 4.18 Å². The topological polar surface area (TPSA) is 113 Å². The fourth-order valence-electron chi connectivity index (χ4n) is 3.10. The molecular formula is C23H49NO7S. The molecule has 9 heteroatoms. The van der Waals surface area contributed by atoms with E-state index >= 15 is 0 Å². The Bertz CT molecular complexity index is 524. The fraction of sp³-hybridized carbons (Fsp3) is 0.957. The minimum absolute atomic E-state index is 0.0448. The van der Waals surface area contributed by atoms with Crippen LogP contribution in [0.2, 0.25) is 0 Å². The van der Waals surface area contributed by atoms with Crippen LogP contribution in [0.3, 0.4) is 0 Å². The summed E-state index contributed by atoms with van der Waals surface area (Å²) >= 11 is 0. The van der Waals surface area contributed by atoms with Gasteiger partial charge in [0.2, 0.25) is 0 Å². The van der Waals surface area contributed by atoms with Crippen LogP contribution < -0.4 is 5.11 Å². The van der Waals surface area contributed by atoms with Crippen molar-refractivity contribution >= 4 is 16.4 Å². The maximum atomic E-state index is 10.7. The largest absolute Gasteiger partial charge is 0.550 e. The molecule has 0 radical (unpaired) electrons. The Hall–Kier alpha value is -0.740. The predicted molar refractivity (Wildman–Crippen MR) is 126 cm³/mol. The molecule has 0 unspecified atom stereocenters. The summed E-state index contributed by atoms with van der Waals surface area (Å²) in [5, 5.41) is 18.9. The Balaban J connectivity index is 0. The molecule has 0 aromatic heterocycles. The fourth-order valence-corrected chi connectivity index (χ4v) is 3.48. The number of carboxylic acids is 1. The third-order valence-corrected chi connectivity index (χ3v) is 6.18. The van der Waals surface area contributed by atoms with Crippen molar-refractivity contribution in [2.24, 2.45) is 0 Å². The van der Waals surface area contributed by atoms with Crippen LogP contribution in [0, 0.1) is 0 Å². The van der Waals surface area contributed by atoms with Crippen molar-refractivity contribution in [3.05, 3.63) is 0 Å². The second kappa shape index (κ2) is 22.1. The van der Waals surface area contributed by atoms with Crippen molar-refractivity contribution < 1.29 is 36.3 Å². The van der Waals surface area contributed by atoms with Gasteiger partial charge in [0.1, 0.15) is 19.7 Å². The summed E-state index contributed by atoms with van der Waals surface area (Å²) < 4.78 is 30.6. The molecule has 0 aliphatic rings. The lowest BCUT2D eigenvalue weighted by molar-refractivity contribution is -0.890. The molecule has 0 aliphatic carbocycles. The zero-order valence-electron chi connectivity index (χ0n) is 21.0. The highest BCUT2D eigenvalue weighted by Crippen LogP contribution is 2.12. The highest BCUT2D eigenvalue weighted by Gasteiger charge is 2.16. The summed E-state index contributed by atoms with van der Waals surface area (Å²) in [5.74, 6) is -0.905. The van der Waals surface area contributed by atoms with Gasteiger partial charge in [-0.15, -0.1) is 0 Å². The van der Waals surface area contributed by atoms with Crippen LogP contribution in [0.1, 0.15) is 96.8 Å². The molecule has 0 saturated heterocycles. The lowest BCUT2D eigenvalue weighted by Gasteiger charge is -2.28. The maximum absolute atomic E-state index is 10.7. The standard InChI is InChI=1S/C16H32O2.C7H18NO5S/c1-2-3-4-5-6-7-8-9-10-11-12-13-14-15-16(17)18;1-8(2,4-6-9)5-7-13-14(10,11)12-3/h2-15H2,1H3,(H,17,18);9H,4-7H2,1-3H3/q;+1/p-1. The Morgan fingerprint density at radius 3 is 1.66 bits per heavy atom. The van der Waals surface area contributed by atoms with Crippen molar-refractivity contribution in [3.8, 4) is 0 Å². The maximum Gasteiger partial charge on any atom is 0.399 e. The van der Waals surface area contributed by atoms with E-state index in [0.717, 1.165) is 20.0 Å². The molecule has 0 saturated carbocycles. The van der Waals surface area contributed by atoms with E-state index in [2.05, 4.69) is 15.3 Å². The van der Waals surface area contributed by atoms with Crippen LogP contribution in [0.4, 0.5) is 0 Å². The third kappa shape index (κ3) is 27.3. The third-order valence-electron chi connectivity index (χ3n) is 5.32. The Labute approximate surface area is 197 Å². The summed E-state index contributed by atoms with van der Waals surface area (Å²) in [7, 11) is 0.963. The number of aliphatic carboxylic acids is 1. The molecule has 194 valence electrons. The summed E-state index contributed by atoms with van der Waals surface area (Å²) in [4.78, 5) is 10.2. The highest BCUT2D eigenvalue weighted by atomic mass is 32.3. The van der Waals surface area contributed by atoms with Crippen LogP contribution in [-0.2, 0) is 23.6 Å². The van der Waals surface area contributed by atoms with E-state index in [0.29, 0.717) is 17.6 Å². The number of quaternary nitrogens is 1. The number of aliphatic hydroxyl groups excluding tert-OH is 1. The molecule has 0 heterocycles. The molecule has 0 rings (SSSR count). The lowest BCUT2D eigenvalue weighted by Crippen LogP contribution is -2.44. The number of nitrogens with zero attached hydrogens (tertiary/aromatic N) is 1. The van der Waals surface area contributed by atoms with Gasteiger partial charge in [0, 0.05) is 5.97 Å². The molecule has 0 fully saturated rings. The molecule has 0 amide bonds. The first-order valence-corrected chi connectivity index (χ1v) is 13.5. The number of carboxylic acid groups (broad SMARTS) is 1. The van der Waals surface area contributed by atoms with Gasteiger partial charge in [-0.1, -0.05) is 84.0 Å². The zero-order valence-corrected chi connectivity index (χ0v) is 21.8. The normalized spacial score (nSPS) is 11.8. The average molecular weight is 484 g/mol. The van der Waals surface area contributed by atoms with Gasteiger partial charge in [0.15, 0.2) is 0 Å². The molecule has 0 spiro atoms. The molecule has 0 aliphatic heterocycles. The number of rotatable bonds is 21. The van der Waals surface area contributed by atoms with E-state index in [9.17, 15) is 18.3 Å². The van der Waals surface area contributed by atoms with Crippen molar-refractivity contribution in [1.82, 2.24) is 0 Å². The van der Waals surface area contributed by atoms with Gasteiger partial charge in [-0.05, 0) is 12.8 Å². The predicted octanol–water partition coefficient (Wildman–Crippen LogP) is 3.18. The summed E-state index contributed by atoms with van der Waals surface area (Å²) in [6.45, 7) is 3.40. The summed E-state index contributed by atoms with van der Waals surface area (Å²) in [6, 6.07) is 0. The number of unbranched alkanes of at least 4 members (excludes halogenated alkanes) is 12. The number of hydrogen-bond donors (Lipinski definition) is 1. The number of carbonyl (C=O) groups excluding carboxylic acids is 1. The zero-order chi connectivity index (χ0) is 24.7. The van der Waals surface area contributed by atoms with Crippen molar-refractivity contribution in [3.63, 3.8) is 0 Å². The van der Waals surface area contributed by atoms with E-state index in [1.54, 1.807) is 0 Å². The number of aliphatic hydroxyl groups is 1. The molecule has 0 bridgehead atoms. The van der Waals surface area contributed by atoms with Gasteiger partial charge in [0.25, 0.3) is 0 Å². The second-order valence-corrected chi connectivity index (χ2v) is 10.3. The number of hydrogen-bond acceptors (Lipinski definition) is 7. The van der Waals surface area contributed by atoms with Crippen LogP contribution >= 0.6 is 0 Å². The van der Waals surface area contributed by atoms with Gasteiger partial charge in [-0.3, -0.25) is 4.18 Å². The summed E-state index contributed by atoms with van der Waals surface area (Å²) in [6.07, 6.45) is 16.9. The first-order valence-electron chi connectivity index (χ1n) is 12.2. The van der Waals surface area contributed by atoms with Crippen LogP contribution in [0.25, 0.3) is 0 Å². The molecule has 0 aromatic carbocycles. The van der Waals surface area contributed by atoms with Crippen molar-refractivity contribution in [1.29, 1.82) is 0 Å². The van der Waals surface area contributed by atoms with E-state index in [1.807, 2.05) is 14.1 Å². The van der Waals surface area contributed by atoms with Gasteiger partial charge in [-0.2, -0.15) is 8.42 Å². The van der Waals surface area contributed by atoms with Crippen molar-refractivity contribution in [2.45, 2.75) is 96.8 Å². The monoisotopic (exact) mass is 483 g/mol. The SMILES string of the molecule is CCCCCCCCCCCCCCCC(=O)[O-].COS(=O)(=O)OCC[N+](C)(C)CCO. The Morgan fingerprint density at radius 2 is 1.28 bits per heavy atom. The van der Waals surface area contributed by atoms with Gasteiger partial charge >= 0.3 is 10.4 Å².